The van der Waals surface area contributed by atoms with Crippen LogP contribution >= 0.6 is 0 Å². The summed E-state index contributed by atoms with van der Waals surface area (Å²) in [5, 5.41) is 7.12. The maximum atomic E-state index is 12.3. The van der Waals surface area contributed by atoms with Gasteiger partial charge in [0.25, 0.3) is 11.5 Å². The summed E-state index contributed by atoms with van der Waals surface area (Å²) in [6.45, 7) is 3.20. The van der Waals surface area contributed by atoms with E-state index in [0.29, 0.717) is 6.54 Å². The molecule has 3 rings (SSSR count). The maximum absolute atomic E-state index is 12.3. The number of carbonyl (C=O) groups is 1. The minimum Gasteiger partial charge on any atom is -0.346 e. The van der Waals surface area contributed by atoms with Crippen molar-refractivity contribution in [3.05, 3.63) is 46.4 Å². The fourth-order valence-electron chi connectivity index (χ4n) is 2.69. The van der Waals surface area contributed by atoms with Crippen molar-refractivity contribution in [2.24, 2.45) is 0 Å². The van der Waals surface area contributed by atoms with Crippen LogP contribution in [0.25, 0.3) is 0 Å². The summed E-state index contributed by atoms with van der Waals surface area (Å²) in [7, 11) is 0. The normalized spacial score (nSPS) is 17.0. The van der Waals surface area contributed by atoms with Crippen molar-refractivity contribution in [1.82, 2.24) is 24.6 Å². The molecule has 22 heavy (non-hydrogen) atoms. The Morgan fingerprint density at radius 1 is 1.45 bits per heavy atom. The molecule has 0 aromatic carbocycles. The standard InChI is InChI=1S/C15H19N5O2/c1-2-8-20-14(21)6-4-12(18-20)15(22)17-11-3-5-13-16-7-9-19(13)10-11/h4,6-7,9,11H,2-3,5,8,10H2,1H3,(H,17,22)/t11-/m1/s1. The van der Waals surface area contributed by atoms with E-state index in [4.69, 9.17) is 0 Å². The molecule has 1 atom stereocenters. The molecule has 7 heteroatoms. The lowest BCUT2D eigenvalue weighted by atomic mass is 10.1. The van der Waals surface area contributed by atoms with Crippen LogP contribution in [-0.2, 0) is 19.5 Å². The molecule has 2 aromatic rings. The summed E-state index contributed by atoms with van der Waals surface area (Å²) in [5.41, 5.74) is 0.101. The number of nitrogens with one attached hydrogen (secondary N) is 1. The molecular formula is C15H19N5O2. The minimum atomic E-state index is -0.238. The van der Waals surface area contributed by atoms with Gasteiger partial charge in [0.2, 0.25) is 0 Å². The summed E-state index contributed by atoms with van der Waals surface area (Å²) in [4.78, 5) is 28.2. The molecule has 1 aliphatic rings. The molecule has 7 nitrogen and oxygen atoms in total. The zero-order chi connectivity index (χ0) is 15.5. The van der Waals surface area contributed by atoms with Crippen molar-refractivity contribution < 1.29 is 4.79 Å². The second-order valence-electron chi connectivity index (χ2n) is 5.48. The predicted octanol–water partition coefficient (Wildman–Crippen LogP) is 0.595. The van der Waals surface area contributed by atoms with Gasteiger partial charge >= 0.3 is 0 Å². The van der Waals surface area contributed by atoms with Gasteiger partial charge in [-0.2, -0.15) is 5.10 Å². The van der Waals surface area contributed by atoms with E-state index >= 15 is 0 Å². The highest BCUT2D eigenvalue weighted by Gasteiger charge is 2.21. The van der Waals surface area contributed by atoms with E-state index in [9.17, 15) is 9.59 Å². The third-order valence-corrected chi connectivity index (χ3v) is 3.81. The molecule has 1 N–H and O–H groups in total. The highest BCUT2D eigenvalue weighted by molar-refractivity contribution is 5.92. The number of carbonyl (C=O) groups excluding carboxylic acids is 1. The Bertz CT molecular complexity index is 734. The van der Waals surface area contributed by atoms with E-state index in [-0.39, 0.29) is 23.2 Å². The number of aryl methyl sites for hydroxylation is 2. The number of rotatable bonds is 4. The maximum Gasteiger partial charge on any atom is 0.272 e. The Kier molecular flexibility index (Phi) is 4.04. The second kappa shape index (κ2) is 6.13. The molecule has 0 spiro atoms. The van der Waals surface area contributed by atoms with Crippen LogP contribution in [0.3, 0.4) is 0 Å². The van der Waals surface area contributed by atoms with Gasteiger partial charge in [-0.3, -0.25) is 9.59 Å². The van der Waals surface area contributed by atoms with Crippen LogP contribution in [0.1, 0.15) is 36.1 Å². The second-order valence-corrected chi connectivity index (χ2v) is 5.48. The van der Waals surface area contributed by atoms with E-state index in [1.165, 1.54) is 16.8 Å². The van der Waals surface area contributed by atoms with Crippen molar-refractivity contribution >= 4 is 5.91 Å². The zero-order valence-electron chi connectivity index (χ0n) is 12.5. The highest BCUT2D eigenvalue weighted by atomic mass is 16.2. The Hall–Kier alpha value is -2.44. The van der Waals surface area contributed by atoms with Gasteiger partial charge in [0, 0.05) is 44.0 Å². The van der Waals surface area contributed by atoms with Crippen LogP contribution in [0, 0.1) is 0 Å². The van der Waals surface area contributed by atoms with Crippen LogP contribution in [-0.4, -0.2) is 31.3 Å². The highest BCUT2D eigenvalue weighted by Crippen LogP contribution is 2.13. The van der Waals surface area contributed by atoms with Gasteiger partial charge in [-0.15, -0.1) is 0 Å². The number of fused-ring (bicyclic) bond motifs is 1. The molecule has 0 fully saturated rings. The number of nitrogens with zero attached hydrogens (tertiary/aromatic N) is 4. The van der Waals surface area contributed by atoms with Gasteiger partial charge in [0.1, 0.15) is 11.5 Å². The molecule has 0 radical (unpaired) electrons. The van der Waals surface area contributed by atoms with E-state index in [1.54, 1.807) is 6.20 Å². The molecule has 0 unspecified atom stereocenters. The number of hydrogen-bond acceptors (Lipinski definition) is 4. The zero-order valence-corrected chi connectivity index (χ0v) is 12.5. The number of aromatic nitrogens is 4. The monoisotopic (exact) mass is 301 g/mol. The van der Waals surface area contributed by atoms with Gasteiger partial charge < -0.3 is 9.88 Å². The lowest BCUT2D eigenvalue weighted by Crippen LogP contribution is -2.41. The van der Waals surface area contributed by atoms with Crippen LogP contribution in [0.4, 0.5) is 0 Å². The van der Waals surface area contributed by atoms with Crippen LogP contribution < -0.4 is 10.9 Å². The van der Waals surface area contributed by atoms with Gasteiger partial charge in [-0.1, -0.05) is 6.92 Å². The van der Waals surface area contributed by atoms with E-state index < -0.39 is 0 Å². The van der Waals surface area contributed by atoms with Crippen LogP contribution in [0.2, 0.25) is 0 Å². The summed E-state index contributed by atoms with van der Waals surface area (Å²) in [6.07, 6.45) is 6.21. The minimum absolute atomic E-state index is 0.0579. The Labute approximate surface area is 128 Å². The first-order chi connectivity index (χ1) is 10.7. The van der Waals surface area contributed by atoms with E-state index in [0.717, 1.165) is 31.6 Å². The first-order valence-corrected chi connectivity index (χ1v) is 7.56. The third kappa shape index (κ3) is 2.93. The first kappa shape index (κ1) is 14.5. The first-order valence-electron chi connectivity index (χ1n) is 7.56. The van der Waals surface area contributed by atoms with Crippen molar-refractivity contribution in [3.63, 3.8) is 0 Å². The lowest BCUT2D eigenvalue weighted by Gasteiger charge is -2.24. The van der Waals surface area contributed by atoms with Crippen LogP contribution in [0.15, 0.2) is 29.3 Å². The third-order valence-electron chi connectivity index (χ3n) is 3.81. The number of imidazole rings is 1. The molecule has 0 aliphatic carbocycles. The average molecular weight is 301 g/mol. The van der Waals surface area contributed by atoms with Gasteiger partial charge in [0.05, 0.1) is 0 Å². The Balaban J connectivity index is 1.70. The van der Waals surface area contributed by atoms with Gasteiger partial charge in [-0.25, -0.2) is 9.67 Å². The van der Waals surface area contributed by atoms with Gasteiger partial charge in [0.15, 0.2) is 0 Å². The van der Waals surface area contributed by atoms with Crippen molar-refractivity contribution in [2.75, 3.05) is 0 Å². The Morgan fingerprint density at radius 2 is 2.32 bits per heavy atom. The molecular weight excluding hydrogens is 282 g/mol. The fraction of sp³-hybridized carbons (Fsp3) is 0.467. The van der Waals surface area contributed by atoms with Crippen LogP contribution in [0.5, 0.6) is 0 Å². The molecule has 0 bridgehead atoms. The van der Waals surface area contributed by atoms with Crippen molar-refractivity contribution in [1.29, 1.82) is 0 Å². The molecule has 0 saturated heterocycles. The number of amides is 1. The molecule has 3 heterocycles. The largest absolute Gasteiger partial charge is 0.346 e. The fourth-order valence-corrected chi connectivity index (χ4v) is 2.69. The van der Waals surface area contributed by atoms with E-state index in [2.05, 4.69) is 20.0 Å². The van der Waals surface area contributed by atoms with E-state index in [1.807, 2.05) is 13.1 Å². The predicted molar refractivity (Wildman–Crippen MR) is 80.6 cm³/mol. The number of hydrogen-bond donors (Lipinski definition) is 1. The quantitative estimate of drug-likeness (QED) is 0.896. The topological polar surface area (TPSA) is 81.8 Å². The molecule has 2 aromatic heterocycles. The summed E-state index contributed by atoms with van der Waals surface area (Å²) in [5.74, 6) is 0.818. The SMILES string of the molecule is CCCn1nc(C(=O)N[C@@H]2CCc3nccn3C2)ccc1=O. The molecule has 116 valence electrons. The average Bonchev–Trinajstić information content (AvgIpc) is 2.97. The Morgan fingerprint density at radius 3 is 3.14 bits per heavy atom. The molecule has 0 saturated carbocycles. The molecule has 1 amide bonds. The van der Waals surface area contributed by atoms with Crippen molar-refractivity contribution in [3.8, 4) is 0 Å². The molecule has 1 aliphatic heterocycles. The summed E-state index contributed by atoms with van der Waals surface area (Å²) < 4.78 is 3.39. The van der Waals surface area contributed by atoms with Crippen molar-refractivity contribution in [2.45, 2.75) is 45.3 Å². The van der Waals surface area contributed by atoms with Gasteiger partial charge in [-0.05, 0) is 18.9 Å². The smallest absolute Gasteiger partial charge is 0.272 e. The summed E-state index contributed by atoms with van der Waals surface area (Å²) in [6, 6.07) is 2.93. The summed E-state index contributed by atoms with van der Waals surface area (Å²) >= 11 is 0. The lowest BCUT2D eigenvalue weighted by molar-refractivity contribution is 0.0920.